The van der Waals surface area contributed by atoms with Gasteiger partial charge in [0.2, 0.25) is 6.29 Å². The Hall–Kier alpha value is -2.39. The van der Waals surface area contributed by atoms with E-state index in [1.165, 1.54) is 0 Å². The summed E-state index contributed by atoms with van der Waals surface area (Å²) < 4.78 is 42.7. The standard InChI is InChI=1S/C21H27NO4.C2HF3O/c1-15-18(25-13-12-23)5-3-16-2-4-17(19(15)16)20(24)26-14-21-6-9-22(10-7-21)11-8-21;3-2(4,5)1-6/h3-5,23H,2,6-14H2,1H3;1H. The van der Waals surface area contributed by atoms with Crippen molar-refractivity contribution in [1.29, 1.82) is 0 Å². The van der Waals surface area contributed by atoms with Crippen molar-refractivity contribution in [2.45, 2.75) is 38.8 Å². The van der Waals surface area contributed by atoms with E-state index in [0.29, 0.717) is 12.2 Å². The fraction of sp³-hybridized carbons (Fsp3) is 0.565. The van der Waals surface area contributed by atoms with Crippen molar-refractivity contribution in [2.75, 3.05) is 39.5 Å². The molecule has 0 radical (unpaired) electrons. The first-order chi connectivity index (χ1) is 15.2. The van der Waals surface area contributed by atoms with E-state index in [-0.39, 0.29) is 24.6 Å². The lowest BCUT2D eigenvalue weighted by atomic mass is 9.73. The highest BCUT2D eigenvalue weighted by molar-refractivity contribution is 6.18. The van der Waals surface area contributed by atoms with Gasteiger partial charge >= 0.3 is 12.1 Å². The number of ether oxygens (including phenoxy) is 2. The van der Waals surface area contributed by atoms with Gasteiger partial charge in [0, 0.05) is 5.41 Å². The Balaban J connectivity index is 0.000000427. The van der Waals surface area contributed by atoms with Crippen LogP contribution in [0.4, 0.5) is 13.2 Å². The van der Waals surface area contributed by atoms with Crippen molar-refractivity contribution < 1.29 is 37.3 Å². The number of hydrogen-bond acceptors (Lipinski definition) is 6. The zero-order chi connectivity index (χ0) is 23.4. The molecule has 32 heavy (non-hydrogen) atoms. The number of halogens is 3. The number of aldehydes is 1. The van der Waals surface area contributed by atoms with Crippen molar-refractivity contribution in [3.05, 3.63) is 34.9 Å². The van der Waals surface area contributed by atoms with Crippen LogP contribution >= 0.6 is 0 Å². The van der Waals surface area contributed by atoms with Crippen molar-refractivity contribution in [2.24, 2.45) is 5.41 Å². The van der Waals surface area contributed by atoms with Gasteiger partial charge in [0.05, 0.1) is 18.8 Å². The molecule has 3 heterocycles. The zero-order valence-corrected chi connectivity index (χ0v) is 18.0. The van der Waals surface area contributed by atoms with Crippen LogP contribution in [0.15, 0.2) is 18.2 Å². The number of allylic oxidation sites excluding steroid dienone is 1. The fourth-order valence-electron chi connectivity index (χ4n) is 4.51. The van der Waals surface area contributed by atoms with E-state index < -0.39 is 12.5 Å². The van der Waals surface area contributed by atoms with Gasteiger partial charge in [-0.3, -0.25) is 4.79 Å². The van der Waals surface area contributed by atoms with Crippen LogP contribution in [-0.2, 0) is 20.7 Å². The predicted octanol–water partition coefficient (Wildman–Crippen LogP) is 3.08. The molecule has 2 bridgehead atoms. The summed E-state index contributed by atoms with van der Waals surface area (Å²) in [5.74, 6) is 0.505. The van der Waals surface area contributed by atoms with Gasteiger partial charge in [-0.15, -0.1) is 0 Å². The smallest absolute Gasteiger partial charge is 0.446 e. The number of benzene rings is 1. The van der Waals surface area contributed by atoms with Crippen LogP contribution in [0.1, 0.15) is 36.0 Å². The Bertz CT molecular complexity index is 859. The third-order valence-corrected chi connectivity index (χ3v) is 6.38. The zero-order valence-electron chi connectivity index (χ0n) is 18.0. The third kappa shape index (κ3) is 5.69. The van der Waals surface area contributed by atoms with E-state index in [0.717, 1.165) is 67.8 Å². The quantitative estimate of drug-likeness (QED) is 0.525. The molecular formula is C23H28F3NO5. The molecule has 1 N–H and O–H groups in total. The first-order valence-corrected chi connectivity index (χ1v) is 10.7. The molecule has 3 aliphatic heterocycles. The molecule has 0 aromatic heterocycles. The van der Waals surface area contributed by atoms with Gasteiger partial charge in [0.1, 0.15) is 12.4 Å². The summed E-state index contributed by atoms with van der Waals surface area (Å²) in [6.45, 7) is 6.12. The van der Waals surface area contributed by atoms with Crippen LogP contribution < -0.4 is 4.74 Å². The molecule has 3 saturated heterocycles. The van der Waals surface area contributed by atoms with Crippen molar-refractivity contribution >= 4 is 17.8 Å². The normalized spacial score (nSPS) is 23.5. The van der Waals surface area contributed by atoms with E-state index in [2.05, 4.69) is 4.90 Å². The number of nitrogens with zero attached hydrogens (tertiary/aromatic N) is 1. The Kier molecular flexibility index (Phi) is 7.61. The van der Waals surface area contributed by atoms with E-state index in [1.807, 2.05) is 25.1 Å². The maximum absolute atomic E-state index is 12.8. The summed E-state index contributed by atoms with van der Waals surface area (Å²) in [7, 11) is 0. The average Bonchev–Trinajstić information content (AvgIpc) is 3.23. The number of aliphatic hydroxyl groups is 1. The molecule has 3 fully saturated rings. The van der Waals surface area contributed by atoms with Gasteiger partial charge in [-0.1, -0.05) is 12.1 Å². The van der Waals surface area contributed by atoms with Crippen LogP contribution in [0.25, 0.3) is 5.57 Å². The molecule has 0 atom stereocenters. The van der Waals surface area contributed by atoms with E-state index in [4.69, 9.17) is 19.4 Å². The fourth-order valence-corrected chi connectivity index (χ4v) is 4.51. The number of piperidine rings is 3. The van der Waals surface area contributed by atoms with E-state index in [9.17, 15) is 18.0 Å². The number of esters is 1. The van der Waals surface area contributed by atoms with Crippen molar-refractivity contribution in [3.8, 4) is 5.75 Å². The van der Waals surface area contributed by atoms with Gasteiger partial charge in [-0.25, -0.2) is 4.79 Å². The predicted molar refractivity (Wildman–Crippen MR) is 111 cm³/mol. The van der Waals surface area contributed by atoms with Crippen LogP contribution in [0.2, 0.25) is 0 Å². The topological polar surface area (TPSA) is 76.1 Å². The molecule has 6 nitrogen and oxygen atoms in total. The van der Waals surface area contributed by atoms with Crippen LogP contribution in [0.3, 0.4) is 0 Å². The van der Waals surface area contributed by atoms with Gasteiger partial charge in [-0.05, 0) is 75.0 Å². The second-order valence-electron chi connectivity index (χ2n) is 8.44. The summed E-state index contributed by atoms with van der Waals surface area (Å²) in [6, 6.07) is 3.92. The highest BCUT2D eigenvalue weighted by Gasteiger charge is 2.40. The van der Waals surface area contributed by atoms with Crippen LogP contribution in [0, 0.1) is 12.3 Å². The molecule has 9 heteroatoms. The number of fused-ring (bicyclic) bond motifs is 4. The Morgan fingerprint density at radius 3 is 2.41 bits per heavy atom. The Morgan fingerprint density at radius 2 is 1.84 bits per heavy atom. The molecule has 1 aromatic rings. The molecule has 1 aromatic carbocycles. The van der Waals surface area contributed by atoms with Gasteiger partial charge in [-0.2, -0.15) is 13.2 Å². The minimum atomic E-state index is -4.64. The Labute approximate surface area is 185 Å². The molecule has 176 valence electrons. The SMILES string of the molecule is Cc1c(OCCO)ccc2c1C(C(=O)OCC13CCN(CC1)CC3)=CC2.O=CC(F)(F)F. The molecule has 1 aliphatic carbocycles. The van der Waals surface area contributed by atoms with Gasteiger partial charge in [0.25, 0.3) is 0 Å². The first kappa shape index (κ1) is 24.3. The second-order valence-corrected chi connectivity index (χ2v) is 8.44. The molecule has 5 rings (SSSR count). The van der Waals surface area contributed by atoms with E-state index >= 15 is 0 Å². The number of alkyl halides is 3. The number of carbonyl (C=O) groups is 2. The van der Waals surface area contributed by atoms with Crippen LogP contribution in [-0.4, -0.2) is 67.9 Å². The number of carbonyl (C=O) groups excluding carboxylic acids is 2. The van der Waals surface area contributed by atoms with E-state index in [1.54, 1.807) is 0 Å². The number of rotatable bonds is 6. The molecule has 0 unspecified atom stereocenters. The maximum Gasteiger partial charge on any atom is 0.446 e. The monoisotopic (exact) mass is 455 g/mol. The lowest BCUT2D eigenvalue weighted by Gasteiger charge is -2.47. The molecule has 4 aliphatic rings. The van der Waals surface area contributed by atoms with Crippen molar-refractivity contribution in [1.82, 2.24) is 4.90 Å². The summed E-state index contributed by atoms with van der Waals surface area (Å²) >= 11 is 0. The number of aliphatic hydroxyl groups excluding tert-OH is 1. The molecular weight excluding hydrogens is 427 g/mol. The Morgan fingerprint density at radius 1 is 1.22 bits per heavy atom. The number of hydrogen-bond donors (Lipinski definition) is 1. The highest BCUT2D eigenvalue weighted by atomic mass is 19.4. The third-order valence-electron chi connectivity index (χ3n) is 6.38. The van der Waals surface area contributed by atoms with Crippen LogP contribution in [0.5, 0.6) is 5.75 Å². The minimum Gasteiger partial charge on any atom is -0.491 e. The lowest BCUT2D eigenvalue weighted by Crippen LogP contribution is -2.50. The first-order valence-electron chi connectivity index (χ1n) is 10.7. The average molecular weight is 455 g/mol. The van der Waals surface area contributed by atoms with Gasteiger partial charge in [0.15, 0.2) is 0 Å². The summed E-state index contributed by atoms with van der Waals surface area (Å²) in [5.41, 5.74) is 3.88. The lowest BCUT2D eigenvalue weighted by molar-refractivity contribution is -0.156. The molecule has 0 spiro atoms. The molecule has 0 amide bonds. The summed E-state index contributed by atoms with van der Waals surface area (Å²) in [6.07, 6.45) is 0.418. The highest BCUT2D eigenvalue weighted by Crippen LogP contribution is 2.41. The summed E-state index contributed by atoms with van der Waals surface area (Å²) in [4.78, 5) is 24.0. The maximum atomic E-state index is 12.8. The summed E-state index contributed by atoms with van der Waals surface area (Å²) in [5, 5.41) is 8.98. The van der Waals surface area contributed by atoms with Gasteiger partial charge < -0.3 is 19.5 Å². The van der Waals surface area contributed by atoms with Crippen molar-refractivity contribution in [3.63, 3.8) is 0 Å². The largest absolute Gasteiger partial charge is 0.491 e. The molecule has 0 saturated carbocycles. The second kappa shape index (κ2) is 10.0. The minimum absolute atomic E-state index is 0.0270.